The molecule has 1 aromatic carbocycles. The highest BCUT2D eigenvalue weighted by Gasteiger charge is 2.49. The van der Waals surface area contributed by atoms with E-state index in [1.54, 1.807) is 0 Å². The number of benzene rings is 1. The average molecular weight is 289 g/mol. The Morgan fingerprint density at radius 3 is 2.39 bits per heavy atom. The second-order valence-electron chi connectivity index (χ2n) is 4.63. The minimum atomic E-state index is -3.50. The molecule has 1 aliphatic carbocycles. The number of carbonyl (C=O) groups is 1. The fourth-order valence-electron chi connectivity index (χ4n) is 2.38. The molecular formula is C12H13ClO4S. The van der Waals surface area contributed by atoms with Gasteiger partial charge < -0.3 is 5.11 Å². The monoisotopic (exact) mass is 288 g/mol. The minimum absolute atomic E-state index is 0.0251. The maximum atomic E-state index is 11.8. The summed E-state index contributed by atoms with van der Waals surface area (Å²) in [5, 5.41) is 9.61. The van der Waals surface area contributed by atoms with Gasteiger partial charge in [0.05, 0.1) is 10.3 Å². The highest BCUT2D eigenvalue weighted by molar-refractivity contribution is 7.90. The van der Waals surface area contributed by atoms with E-state index in [1.807, 2.05) is 0 Å². The summed E-state index contributed by atoms with van der Waals surface area (Å²) in [6.45, 7) is 0. The quantitative estimate of drug-likeness (QED) is 0.926. The van der Waals surface area contributed by atoms with Gasteiger partial charge in [-0.3, -0.25) is 4.79 Å². The lowest BCUT2D eigenvalue weighted by Gasteiger charge is -2.39. The largest absolute Gasteiger partial charge is 0.481 e. The van der Waals surface area contributed by atoms with Crippen molar-refractivity contribution >= 4 is 27.4 Å². The standard InChI is InChI=1S/C12H13ClO4S/c1-18(16,17)9-5-2-4-8(13)10(9)12(11(14)15)6-3-7-12/h2,4-5H,3,6-7H2,1H3,(H,14,15). The summed E-state index contributed by atoms with van der Waals surface area (Å²) in [6.07, 6.45) is 2.68. The van der Waals surface area contributed by atoms with Gasteiger partial charge in [-0.2, -0.15) is 0 Å². The molecule has 0 atom stereocenters. The van der Waals surface area contributed by atoms with E-state index in [2.05, 4.69) is 0 Å². The maximum absolute atomic E-state index is 11.8. The van der Waals surface area contributed by atoms with Gasteiger partial charge in [0.2, 0.25) is 0 Å². The first-order valence-electron chi connectivity index (χ1n) is 5.51. The molecule has 1 aromatic rings. The number of carboxylic acids is 1. The van der Waals surface area contributed by atoms with E-state index in [1.165, 1.54) is 18.2 Å². The molecule has 6 heteroatoms. The van der Waals surface area contributed by atoms with Crippen molar-refractivity contribution in [3.8, 4) is 0 Å². The van der Waals surface area contributed by atoms with Crippen LogP contribution >= 0.6 is 11.6 Å². The molecule has 1 aliphatic rings. The van der Waals surface area contributed by atoms with Crippen LogP contribution in [0.1, 0.15) is 24.8 Å². The summed E-state index contributed by atoms with van der Waals surface area (Å²) in [4.78, 5) is 11.5. The van der Waals surface area contributed by atoms with Crippen molar-refractivity contribution in [2.24, 2.45) is 0 Å². The Balaban J connectivity index is 2.74. The van der Waals surface area contributed by atoms with Crippen molar-refractivity contribution in [3.05, 3.63) is 28.8 Å². The molecule has 0 bridgehead atoms. The molecule has 0 amide bonds. The zero-order chi connectivity index (χ0) is 13.6. The Morgan fingerprint density at radius 2 is 2.00 bits per heavy atom. The summed E-state index contributed by atoms with van der Waals surface area (Å²) in [7, 11) is -3.50. The molecule has 0 spiro atoms. The summed E-state index contributed by atoms with van der Waals surface area (Å²) in [6, 6.07) is 4.48. The predicted molar refractivity (Wildman–Crippen MR) is 67.7 cm³/mol. The number of halogens is 1. The van der Waals surface area contributed by atoms with Gasteiger partial charge in [0.15, 0.2) is 9.84 Å². The first-order chi connectivity index (χ1) is 8.29. The Hall–Kier alpha value is -1.07. The fourth-order valence-corrected chi connectivity index (χ4v) is 3.79. The van der Waals surface area contributed by atoms with E-state index in [0.29, 0.717) is 12.8 Å². The third-order valence-corrected chi connectivity index (χ3v) is 4.92. The first-order valence-corrected chi connectivity index (χ1v) is 7.78. The number of carboxylic acid groups (broad SMARTS) is 1. The predicted octanol–water partition coefficient (Wildman–Crippen LogP) is 2.25. The molecule has 1 fully saturated rings. The van der Waals surface area contributed by atoms with Gasteiger partial charge in [-0.25, -0.2) is 8.42 Å². The molecule has 4 nitrogen and oxygen atoms in total. The van der Waals surface area contributed by atoms with E-state index in [0.717, 1.165) is 12.7 Å². The Kier molecular flexibility index (Phi) is 3.15. The Morgan fingerprint density at radius 1 is 1.39 bits per heavy atom. The number of hydrogen-bond donors (Lipinski definition) is 1. The van der Waals surface area contributed by atoms with Gasteiger partial charge in [-0.15, -0.1) is 0 Å². The van der Waals surface area contributed by atoms with E-state index < -0.39 is 21.2 Å². The Bertz CT molecular complexity index is 603. The fraction of sp³-hybridized carbons (Fsp3) is 0.417. The number of hydrogen-bond acceptors (Lipinski definition) is 3. The van der Waals surface area contributed by atoms with Crippen LogP contribution < -0.4 is 0 Å². The molecule has 0 heterocycles. The van der Waals surface area contributed by atoms with E-state index >= 15 is 0 Å². The van der Waals surface area contributed by atoms with Crippen LogP contribution in [-0.2, 0) is 20.0 Å². The zero-order valence-corrected chi connectivity index (χ0v) is 11.4. The minimum Gasteiger partial charge on any atom is -0.481 e. The van der Waals surface area contributed by atoms with Gasteiger partial charge in [-0.05, 0) is 25.0 Å². The zero-order valence-electron chi connectivity index (χ0n) is 9.81. The second-order valence-corrected chi connectivity index (χ2v) is 7.02. The van der Waals surface area contributed by atoms with Gasteiger partial charge in [0.25, 0.3) is 0 Å². The highest BCUT2D eigenvalue weighted by Crippen LogP contribution is 2.48. The molecule has 2 rings (SSSR count). The molecule has 0 saturated heterocycles. The van der Waals surface area contributed by atoms with Crippen LogP contribution in [0.25, 0.3) is 0 Å². The molecule has 0 aromatic heterocycles. The van der Waals surface area contributed by atoms with Crippen molar-refractivity contribution < 1.29 is 18.3 Å². The smallest absolute Gasteiger partial charge is 0.314 e. The molecule has 0 radical (unpaired) electrons. The van der Waals surface area contributed by atoms with Crippen molar-refractivity contribution in [2.75, 3.05) is 6.26 Å². The molecule has 98 valence electrons. The molecular weight excluding hydrogens is 276 g/mol. The lowest BCUT2D eigenvalue weighted by atomic mass is 9.64. The van der Waals surface area contributed by atoms with Crippen molar-refractivity contribution in [3.63, 3.8) is 0 Å². The summed E-state index contributed by atoms with van der Waals surface area (Å²) in [5.41, 5.74) is -0.899. The summed E-state index contributed by atoms with van der Waals surface area (Å²) >= 11 is 6.05. The van der Waals surface area contributed by atoms with Crippen LogP contribution in [-0.4, -0.2) is 25.7 Å². The lowest BCUT2D eigenvalue weighted by molar-refractivity contribution is -0.147. The van der Waals surface area contributed by atoms with E-state index in [-0.39, 0.29) is 15.5 Å². The Labute approximate surface area is 110 Å². The molecule has 18 heavy (non-hydrogen) atoms. The molecule has 0 unspecified atom stereocenters. The number of aliphatic carboxylic acids is 1. The van der Waals surface area contributed by atoms with Crippen molar-refractivity contribution in [2.45, 2.75) is 29.6 Å². The van der Waals surface area contributed by atoms with E-state index in [9.17, 15) is 18.3 Å². The molecule has 1 saturated carbocycles. The van der Waals surface area contributed by atoms with Gasteiger partial charge in [-0.1, -0.05) is 24.1 Å². The average Bonchev–Trinajstić information content (AvgIpc) is 2.16. The third-order valence-electron chi connectivity index (χ3n) is 3.47. The molecule has 0 aliphatic heterocycles. The van der Waals surface area contributed by atoms with Crippen LogP contribution in [0.2, 0.25) is 5.02 Å². The maximum Gasteiger partial charge on any atom is 0.314 e. The second kappa shape index (κ2) is 4.24. The number of sulfone groups is 1. The lowest BCUT2D eigenvalue weighted by Crippen LogP contribution is -2.43. The summed E-state index contributed by atoms with van der Waals surface area (Å²) in [5.74, 6) is -1.01. The molecule has 1 N–H and O–H groups in total. The van der Waals surface area contributed by atoms with Gasteiger partial charge >= 0.3 is 5.97 Å². The SMILES string of the molecule is CS(=O)(=O)c1cccc(Cl)c1C1(C(=O)O)CCC1. The van der Waals surface area contributed by atoms with Crippen LogP contribution in [0.15, 0.2) is 23.1 Å². The normalized spacial score (nSPS) is 18.1. The van der Waals surface area contributed by atoms with Crippen molar-refractivity contribution in [1.82, 2.24) is 0 Å². The number of rotatable bonds is 3. The highest BCUT2D eigenvalue weighted by atomic mass is 35.5. The topological polar surface area (TPSA) is 71.4 Å². The van der Waals surface area contributed by atoms with Crippen LogP contribution in [0.3, 0.4) is 0 Å². The summed E-state index contributed by atoms with van der Waals surface area (Å²) < 4.78 is 23.5. The first kappa shape index (κ1) is 13.4. The van der Waals surface area contributed by atoms with Crippen molar-refractivity contribution in [1.29, 1.82) is 0 Å². The van der Waals surface area contributed by atoms with Crippen LogP contribution in [0.4, 0.5) is 0 Å². The van der Waals surface area contributed by atoms with Crippen LogP contribution in [0, 0.1) is 0 Å². The van der Waals surface area contributed by atoms with Gasteiger partial charge in [0.1, 0.15) is 0 Å². The van der Waals surface area contributed by atoms with Crippen LogP contribution in [0.5, 0.6) is 0 Å². The third kappa shape index (κ3) is 1.91. The van der Waals surface area contributed by atoms with E-state index in [4.69, 9.17) is 11.6 Å². The van der Waals surface area contributed by atoms with Gasteiger partial charge in [0, 0.05) is 16.8 Å².